The topological polar surface area (TPSA) is 55.1 Å². The van der Waals surface area contributed by atoms with Gasteiger partial charge < -0.3 is 5.73 Å². The van der Waals surface area contributed by atoms with Crippen LogP contribution in [0.25, 0.3) is 0 Å². The highest BCUT2D eigenvalue weighted by atomic mass is 19.4. The van der Waals surface area contributed by atoms with E-state index >= 15 is 0 Å². The van der Waals surface area contributed by atoms with Crippen molar-refractivity contribution in [1.29, 1.82) is 0 Å². The van der Waals surface area contributed by atoms with E-state index in [9.17, 15) is 31.1 Å². The summed E-state index contributed by atoms with van der Waals surface area (Å²) in [5, 5.41) is 1.86. The molecule has 0 saturated carbocycles. The molecule has 0 aliphatic rings. The molecule has 0 aromatic heterocycles. The van der Waals surface area contributed by atoms with Crippen molar-refractivity contribution in [1.82, 2.24) is 5.32 Å². The molecule has 0 fully saturated rings. The number of nitrogens with one attached hydrogen (secondary N) is 1. The Labute approximate surface area is 116 Å². The van der Waals surface area contributed by atoms with Gasteiger partial charge in [-0.3, -0.25) is 10.1 Å². The van der Waals surface area contributed by atoms with Crippen LogP contribution in [0.15, 0.2) is 24.3 Å². The van der Waals surface area contributed by atoms with Crippen LogP contribution in [0.5, 0.6) is 0 Å². The number of nitrogens with two attached hydrogens (primary N) is 1. The first kappa shape index (κ1) is 17.3. The molecule has 21 heavy (non-hydrogen) atoms. The number of carbonyl (C=O) groups is 1. The summed E-state index contributed by atoms with van der Waals surface area (Å²) < 4.78 is 74.6. The van der Waals surface area contributed by atoms with Gasteiger partial charge in [0, 0.05) is 0 Å². The van der Waals surface area contributed by atoms with E-state index in [1.54, 1.807) is 0 Å². The monoisotopic (exact) mass is 314 g/mol. The first-order valence-corrected chi connectivity index (χ1v) is 5.66. The molecular weight excluding hydrogens is 302 g/mol. The van der Waals surface area contributed by atoms with Crippen molar-refractivity contribution in [3.05, 3.63) is 35.4 Å². The Kier molecular flexibility index (Phi) is 4.57. The number of alkyl halides is 6. The average Bonchev–Trinajstić information content (AvgIpc) is 2.34. The highest BCUT2D eigenvalue weighted by Gasteiger charge is 2.39. The van der Waals surface area contributed by atoms with Crippen LogP contribution in [0.1, 0.15) is 18.1 Å². The Bertz CT molecular complexity index is 525. The lowest BCUT2D eigenvalue weighted by atomic mass is 9.90. The van der Waals surface area contributed by atoms with Crippen LogP contribution in [0.2, 0.25) is 0 Å². The lowest BCUT2D eigenvalue weighted by molar-refractivity contribution is -0.139. The SMILES string of the molecule is CC(NCC(F)(F)F)(C(N)=O)c1cccc(C(F)(F)F)c1. The van der Waals surface area contributed by atoms with E-state index in [1.807, 2.05) is 5.32 Å². The minimum atomic E-state index is -4.68. The van der Waals surface area contributed by atoms with Crippen LogP contribution in [0.3, 0.4) is 0 Å². The first-order chi connectivity index (χ1) is 9.36. The zero-order chi connectivity index (χ0) is 16.5. The molecule has 0 heterocycles. The Morgan fingerprint density at radius 3 is 2.10 bits per heavy atom. The summed E-state index contributed by atoms with van der Waals surface area (Å²) in [6.45, 7) is -0.570. The highest BCUT2D eigenvalue weighted by Crippen LogP contribution is 2.32. The first-order valence-electron chi connectivity index (χ1n) is 5.66. The molecule has 118 valence electrons. The Morgan fingerprint density at radius 1 is 1.14 bits per heavy atom. The van der Waals surface area contributed by atoms with Gasteiger partial charge in [0.2, 0.25) is 5.91 Å². The van der Waals surface area contributed by atoms with Crippen molar-refractivity contribution in [3.8, 4) is 0 Å². The lowest BCUT2D eigenvalue weighted by Crippen LogP contribution is -2.53. The standard InChI is InChI=1S/C12H12F6N2O/c1-10(9(19)21,20-6-11(13,14)15)7-3-2-4-8(5-7)12(16,17)18/h2-5,20H,6H2,1H3,(H2,19,21). The van der Waals surface area contributed by atoms with E-state index in [2.05, 4.69) is 0 Å². The van der Waals surface area contributed by atoms with E-state index in [1.165, 1.54) is 0 Å². The van der Waals surface area contributed by atoms with Crippen molar-refractivity contribution >= 4 is 5.91 Å². The van der Waals surface area contributed by atoms with E-state index in [-0.39, 0.29) is 5.56 Å². The minimum absolute atomic E-state index is 0.297. The number of rotatable bonds is 4. The maximum Gasteiger partial charge on any atom is 0.416 e. The van der Waals surface area contributed by atoms with Crippen molar-refractivity contribution in [3.63, 3.8) is 0 Å². The van der Waals surface area contributed by atoms with Crippen LogP contribution >= 0.6 is 0 Å². The fourth-order valence-corrected chi connectivity index (χ4v) is 1.61. The van der Waals surface area contributed by atoms with Crippen molar-refractivity contribution in [2.75, 3.05) is 6.54 Å². The van der Waals surface area contributed by atoms with E-state index in [4.69, 9.17) is 5.73 Å². The highest BCUT2D eigenvalue weighted by molar-refractivity contribution is 5.85. The molecule has 1 unspecified atom stereocenters. The second-order valence-corrected chi connectivity index (χ2v) is 4.54. The van der Waals surface area contributed by atoms with Gasteiger partial charge in [-0.15, -0.1) is 0 Å². The molecule has 0 bridgehead atoms. The summed E-state index contributed by atoms with van der Waals surface area (Å²) in [6.07, 6.45) is -9.32. The van der Waals surface area contributed by atoms with Crippen LogP contribution in [0, 0.1) is 0 Å². The Hall–Kier alpha value is -1.77. The predicted octanol–water partition coefficient (Wildman–Crippen LogP) is 2.56. The molecule has 0 spiro atoms. The number of amides is 1. The van der Waals surface area contributed by atoms with Gasteiger partial charge in [-0.1, -0.05) is 12.1 Å². The predicted molar refractivity (Wildman–Crippen MR) is 62.0 cm³/mol. The molecule has 9 heteroatoms. The molecule has 3 N–H and O–H groups in total. The summed E-state index contributed by atoms with van der Waals surface area (Å²) in [4.78, 5) is 11.4. The largest absolute Gasteiger partial charge is 0.416 e. The van der Waals surface area contributed by atoms with E-state index < -0.39 is 35.9 Å². The van der Waals surface area contributed by atoms with Gasteiger partial charge in [-0.2, -0.15) is 26.3 Å². The number of benzene rings is 1. The van der Waals surface area contributed by atoms with Crippen LogP contribution in [-0.4, -0.2) is 18.6 Å². The third-order valence-corrected chi connectivity index (χ3v) is 2.90. The maximum atomic E-state index is 12.6. The average molecular weight is 314 g/mol. The van der Waals surface area contributed by atoms with Crippen molar-refractivity contribution in [2.24, 2.45) is 5.73 Å². The molecule has 0 aliphatic carbocycles. The third kappa shape index (κ3) is 4.35. The molecule has 1 aromatic rings. The number of carbonyl (C=O) groups excluding carboxylic acids is 1. The van der Waals surface area contributed by atoms with Gasteiger partial charge in [0.15, 0.2) is 0 Å². The van der Waals surface area contributed by atoms with E-state index in [0.717, 1.165) is 25.1 Å². The molecule has 1 aromatic carbocycles. The molecule has 3 nitrogen and oxygen atoms in total. The Balaban J connectivity index is 3.20. The number of hydrogen-bond donors (Lipinski definition) is 2. The summed E-state index contributed by atoms with van der Waals surface area (Å²) in [5.74, 6) is -1.22. The smallest absolute Gasteiger partial charge is 0.368 e. The summed E-state index contributed by atoms with van der Waals surface area (Å²) in [5.41, 5.74) is 1.59. The zero-order valence-electron chi connectivity index (χ0n) is 10.8. The molecule has 0 radical (unpaired) electrons. The second kappa shape index (κ2) is 5.55. The molecule has 1 rings (SSSR count). The number of primary amides is 1. The van der Waals surface area contributed by atoms with Gasteiger partial charge in [0.25, 0.3) is 0 Å². The Morgan fingerprint density at radius 2 is 1.67 bits per heavy atom. The molecule has 1 amide bonds. The zero-order valence-corrected chi connectivity index (χ0v) is 10.8. The van der Waals surface area contributed by atoms with E-state index in [0.29, 0.717) is 6.07 Å². The second-order valence-electron chi connectivity index (χ2n) is 4.54. The normalized spacial score (nSPS) is 15.6. The molecule has 0 aliphatic heterocycles. The summed E-state index contributed by atoms with van der Waals surface area (Å²) in [7, 11) is 0. The number of hydrogen-bond acceptors (Lipinski definition) is 2. The maximum absolute atomic E-state index is 12.6. The lowest BCUT2D eigenvalue weighted by Gasteiger charge is -2.29. The number of halogens is 6. The molecule has 0 saturated heterocycles. The molecule has 1 atom stereocenters. The van der Waals surface area contributed by atoms with Crippen LogP contribution < -0.4 is 11.1 Å². The fraction of sp³-hybridized carbons (Fsp3) is 0.417. The summed E-state index contributed by atoms with van der Waals surface area (Å²) >= 11 is 0. The van der Waals surface area contributed by atoms with Crippen LogP contribution in [-0.2, 0) is 16.5 Å². The van der Waals surface area contributed by atoms with Gasteiger partial charge in [-0.25, -0.2) is 0 Å². The third-order valence-electron chi connectivity index (χ3n) is 2.90. The van der Waals surface area contributed by atoms with Gasteiger partial charge in [0.05, 0.1) is 12.1 Å². The fourth-order valence-electron chi connectivity index (χ4n) is 1.61. The van der Waals surface area contributed by atoms with Crippen molar-refractivity contribution in [2.45, 2.75) is 24.8 Å². The minimum Gasteiger partial charge on any atom is -0.368 e. The quantitative estimate of drug-likeness (QED) is 0.839. The van der Waals surface area contributed by atoms with Gasteiger partial charge in [0.1, 0.15) is 5.54 Å². The van der Waals surface area contributed by atoms with Crippen LogP contribution in [0.4, 0.5) is 26.3 Å². The molecular formula is C12H12F6N2O. The van der Waals surface area contributed by atoms with Gasteiger partial charge in [-0.05, 0) is 24.6 Å². The summed E-state index contributed by atoms with van der Waals surface area (Å²) in [6, 6.07) is 3.43. The van der Waals surface area contributed by atoms with Crippen molar-refractivity contribution < 1.29 is 31.1 Å². The van der Waals surface area contributed by atoms with Gasteiger partial charge >= 0.3 is 12.4 Å².